The molecule has 0 saturated carbocycles. The van der Waals surface area contributed by atoms with Gasteiger partial charge in [0.2, 0.25) is 0 Å². The Labute approximate surface area is 371 Å². The molecule has 0 fully saturated rings. The summed E-state index contributed by atoms with van der Waals surface area (Å²) in [6.07, 6.45) is 66.0. The zero-order valence-electron chi connectivity index (χ0n) is 39.5. The molecule has 0 bridgehead atoms. The lowest BCUT2D eigenvalue weighted by molar-refractivity contribution is -0.162. The maximum atomic E-state index is 12.7. The van der Waals surface area contributed by atoms with E-state index in [9.17, 15) is 9.59 Å². The lowest BCUT2D eigenvalue weighted by Crippen LogP contribution is -2.30. The number of carbonyl (C=O) groups is 2. The highest BCUT2D eigenvalue weighted by Crippen LogP contribution is 2.14. The number of carbonyl (C=O) groups excluding carboxylic acids is 2. The Hall–Kier alpha value is -2.92. The number of unbranched alkanes of at least 4 members (excludes halogenated alkanes) is 20. The second-order valence-corrected chi connectivity index (χ2v) is 16.3. The smallest absolute Gasteiger partial charge is 0.306 e. The summed E-state index contributed by atoms with van der Waals surface area (Å²) in [4.78, 5) is 25.3. The largest absolute Gasteiger partial charge is 0.462 e. The Balaban J connectivity index is 4.37. The molecule has 5 heteroatoms. The molecule has 0 aromatic heterocycles. The molecule has 344 valence electrons. The third kappa shape index (κ3) is 47.8. The van der Waals surface area contributed by atoms with Crippen LogP contribution in [0.3, 0.4) is 0 Å². The fourth-order valence-electron chi connectivity index (χ4n) is 6.71. The van der Waals surface area contributed by atoms with Crippen molar-refractivity contribution >= 4 is 11.9 Å². The van der Waals surface area contributed by atoms with E-state index >= 15 is 0 Å². The van der Waals surface area contributed by atoms with Gasteiger partial charge in [0, 0.05) is 19.4 Å². The molecule has 5 nitrogen and oxygen atoms in total. The number of ether oxygens (including phenoxy) is 3. The van der Waals surface area contributed by atoms with Gasteiger partial charge in [0.15, 0.2) is 6.10 Å². The predicted molar refractivity (Wildman–Crippen MR) is 260 cm³/mol. The van der Waals surface area contributed by atoms with Crippen LogP contribution in [0.5, 0.6) is 0 Å². The first kappa shape index (κ1) is 57.1. The zero-order chi connectivity index (χ0) is 43.5. The van der Waals surface area contributed by atoms with Gasteiger partial charge < -0.3 is 14.2 Å². The average molecular weight is 835 g/mol. The van der Waals surface area contributed by atoms with Gasteiger partial charge in [-0.15, -0.1) is 0 Å². The first-order valence-corrected chi connectivity index (χ1v) is 25.1. The third-order valence-electron chi connectivity index (χ3n) is 10.4. The highest BCUT2D eigenvalue weighted by Gasteiger charge is 2.17. The monoisotopic (exact) mass is 835 g/mol. The maximum absolute atomic E-state index is 12.7. The van der Waals surface area contributed by atoms with Crippen molar-refractivity contribution in [3.63, 3.8) is 0 Å². The van der Waals surface area contributed by atoms with Gasteiger partial charge in [-0.05, 0) is 83.5 Å². The van der Waals surface area contributed by atoms with Crippen molar-refractivity contribution in [2.24, 2.45) is 0 Å². The van der Waals surface area contributed by atoms with Crippen molar-refractivity contribution in [2.45, 2.75) is 232 Å². The number of allylic oxidation sites excluding steroid dienone is 14. The molecule has 0 aliphatic rings. The zero-order valence-corrected chi connectivity index (χ0v) is 39.5. The van der Waals surface area contributed by atoms with Gasteiger partial charge in [-0.2, -0.15) is 0 Å². The summed E-state index contributed by atoms with van der Waals surface area (Å²) in [6, 6.07) is 0. The standard InChI is InChI=1S/C55H94O5/c1-4-7-10-13-16-19-22-24-26-27-28-29-30-31-34-36-39-42-45-48-54(56)59-52-53(60-55(57)49-46-43-40-37-33-21-18-15-12-9-6-3)51-58-50-47-44-41-38-35-32-25-23-20-17-14-11-8-5-2/h7,10,16,19-20,23-24,26,28-29,31,34,39,42,53H,4-6,8-9,11-15,17-18,21-22,25,27,30,32-33,35-38,40-41,43-52H2,1-3H3/b10-7-,19-16-,23-20-,26-24-,29-28-,34-31-,42-39-. The molecule has 60 heavy (non-hydrogen) atoms. The Morgan fingerprint density at radius 2 is 0.783 bits per heavy atom. The van der Waals surface area contributed by atoms with E-state index in [0.717, 1.165) is 64.2 Å². The normalized spacial score (nSPS) is 12.9. The minimum Gasteiger partial charge on any atom is -0.462 e. The fraction of sp³-hybridized carbons (Fsp3) is 0.709. The second-order valence-electron chi connectivity index (χ2n) is 16.3. The van der Waals surface area contributed by atoms with Crippen LogP contribution in [0.1, 0.15) is 226 Å². The van der Waals surface area contributed by atoms with Crippen molar-refractivity contribution in [1.82, 2.24) is 0 Å². The van der Waals surface area contributed by atoms with Gasteiger partial charge in [0.1, 0.15) is 6.61 Å². The minimum atomic E-state index is -0.570. The topological polar surface area (TPSA) is 61.8 Å². The molecular weight excluding hydrogens is 741 g/mol. The lowest BCUT2D eigenvalue weighted by atomic mass is 10.1. The van der Waals surface area contributed by atoms with Crippen molar-refractivity contribution in [2.75, 3.05) is 19.8 Å². The molecule has 0 N–H and O–H groups in total. The molecule has 0 rings (SSSR count). The van der Waals surface area contributed by atoms with Crippen molar-refractivity contribution in [1.29, 1.82) is 0 Å². The number of hydrogen-bond donors (Lipinski definition) is 0. The van der Waals surface area contributed by atoms with E-state index < -0.39 is 6.10 Å². The first-order valence-electron chi connectivity index (χ1n) is 25.1. The van der Waals surface area contributed by atoms with Crippen LogP contribution in [0.4, 0.5) is 0 Å². The Morgan fingerprint density at radius 1 is 0.383 bits per heavy atom. The van der Waals surface area contributed by atoms with Gasteiger partial charge in [-0.3, -0.25) is 9.59 Å². The minimum absolute atomic E-state index is 0.0414. The molecule has 1 unspecified atom stereocenters. The van der Waals surface area contributed by atoms with Crippen molar-refractivity contribution in [3.05, 3.63) is 85.1 Å². The highest BCUT2D eigenvalue weighted by molar-refractivity contribution is 5.70. The molecule has 0 aromatic carbocycles. The van der Waals surface area contributed by atoms with Crippen LogP contribution in [0.15, 0.2) is 85.1 Å². The summed E-state index contributed by atoms with van der Waals surface area (Å²) in [5.74, 6) is -0.497. The van der Waals surface area contributed by atoms with Crippen molar-refractivity contribution in [3.8, 4) is 0 Å². The molecule has 0 aromatic rings. The molecule has 0 heterocycles. The van der Waals surface area contributed by atoms with Crippen LogP contribution >= 0.6 is 0 Å². The molecule has 0 amide bonds. The molecule has 0 spiro atoms. The van der Waals surface area contributed by atoms with E-state index in [1.54, 1.807) is 0 Å². The summed E-state index contributed by atoms with van der Waals surface area (Å²) < 4.78 is 17.3. The molecule has 0 aliphatic heterocycles. The summed E-state index contributed by atoms with van der Waals surface area (Å²) >= 11 is 0. The molecule has 0 aliphatic carbocycles. The Morgan fingerprint density at radius 3 is 1.28 bits per heavy atom. The number of rotatable bonds is 45. The van der Waals surface area contributed by atoms with Gasteiger partial charge in [0.25, 0.3) is 0 Å². The average Bonchev–Trinajstić information content (AvgIpc) is 3.25. The van der Waals surface area contributed by atoms with Gasteiger partial charge in [-0.25, -0.2) is 0 Å². The Bertz CT molecular complexity index is 1130. The van der Waals surface area contributed by atoms with Gasteiger partial charge in [0.05, 0.1) is 6.61 Å². The summed E-state index contributed by atoms with van der Waals surface area (Å²) in [5.41, 5.74) is 0. The van der Waals surface area contributed by atoms with Crippen LogP contribution < -0.4 is 0 Å². The number of esters is 2. The van der Waals surface area contributed by atoms with Gasteiger partial charge >= 0.3 is 11.9 Å². The quantitative estimate of drug-likeness (QED) is 0.0347. The van der Waals surface area contributed by atoms with Crippen LogP contribution in [-0.4, -0.2) is 37.9 Å². The first-order chi connectivity index (χ1) is 29.6. The molecule has 0 radical (unpaired) electrons. The number of hydrogen-bond acceptors (Lipinski definition) is 5. The molecular formula is C55H94O5. The van der Waals surface area contributed by atoms with Crippen LogP contribution in [0.25, 0.3) is 0 Å². The van der Waals surface area contributed by atoms with Crippen LogP contribution in [0.2, 0.25) is 0 Å². The molecule has 1 atom stereocenters. The second kappa shape index (κ2) is 50.4. The Kier molecular flexibility index (Phi) is 48.0. The lowest BCUT2D eigenvalue weighted by Gasteiger charge is -2.18. The van der Waals surface area contributed by atoms with Crippen LogP contribution in [0, 0.1) is 0 Å². The van der Waals surface area contributed by atoms with Crippen LogP contribution in [-0.2, 0) is 23.8 Å². The maximum Gasteiger partial charge on any atom is 0.306 e. The van der Waals surface area contributed by atoms with Crippen molar-refractivity contribution < 1.29 is 23.8 Å². The highest BCUT2D eigenvalue weighted by atomic mass is 16.6. The van der Waals surface area contributed by atoms with E-state index in [4.69, 9.17) is 14.2 Å². The van der Waals surface area contributed by atoms with E-state index in [0.29, 0.717) is 25.9 Å². The molecule has 0 saturated heterocycles. The van der Waals surface area contributed by atoms with E-state index in [1.165, 1.54) is 122 Å². The van der Waals surface area contributed by atoms with Gasteiger partial charge in [-0.1, -0.05) is 215 Å². The van der Waals surface area contributed by atoms with E-state index in [2.05, 4.69) is 99.8 Å². The predicted octanol–water partition coefficient (Wildman–Crippen LogP) is 16.9. The van der Waals surface area contributed by atoms with E-state index in [1.807, 2.05) is 6.08 Å². The SMILES string of the molecule is CC/C=C\C/C=C\C/C=C\C/C=C\C/C=C\C/C=C\CCC(=O)OCC(COCCCCCCCC/C=C\CCCCCC)OC(=O)CCCCCCCCCCCCC. The van der Waals surface area contributed by atoms with E-state index in [-0.39, 0.29) is 25.2 Å². The summed E-state index contributed by atoms with van der Waals surface area (Å²) in [6.45, 7) is 7.61. The summed E-state index contributed by atoms with van der Waals surface area (Å²) in [7, 11) is 0. The fourth-order valence-corrected chi connectivity index (χ4v) is 6.71. The summed E-state index contributed by atoms with van der Waals surface area (Å²) in [5, 5.41) is 0. The third-order valence-corrected chi connectivity index (χ3v) is 10.4.